The third-order valence-electron chi connectivity index (χ3n) is 3.68. The van der Waals surface area contributed by atoms with Crippen molar-refractivity contribution >= 4 is 5.91 Å². The smallest absolute Gasteiger partial charge is 0.220 e. The minimum Gasteiger partial charge on any atom is -0.349 e. The average Bonchev–Trinajstić information content (AvgIpc) is 2.42. The maximum absolute atomic E-state index is 13.6. The summed E-state index contributed by atoms with van der Waals surface area (Å²) in [5.41, 5.74) is 0.181. The molecule has 2 unspecified atom stereocenters. The van der Waals surface area contributed by atoms with Gasteiger partial charge in [-0.1, -0.05) is 0 Å². The third kappa shape index (κ3) is 4.00. The first-order valence-corrected chi connectivity index (χ1v) is 7.01. The van der Waals surface area contributed by atoms with Crippen LogP contribution in [0.15, 0.2) is 18.2 Å². The van der Waals surface area contributed by atoms with E-state index < -0.39 is 17.7 Å². The molecule has 0 aromatic heterocycles. The number of rotatable bonds is 4. The summed E-state index contributed by atoms with van der Waals surface area (Å²) in [5.74, 6) is -0.791. The molecule has 0 radical (unpaired) electrons. The highest BCUT2D eigenvalue weighted by Gasteiger charge is 2.19. The molecule has 1 aliphatic rings. The van der Waals surface area contributed by atoms with E-state index in [1.54, 1.807) is 6.92 Å². The first-order valence-electron chi connectivity index (χ1n) is 7.01. The van der Waals surface area contributed by atoms with E-state index in [-0.39, 0.29) is 11.5 Å². The molecule has 0 aliphatic carbocycles. The fourth-order valence-electron chi connectivity index (χ4n) is 2.59. The molecule has 5 heteroatoms. The predicted octanol–water partition coefficient (Wildman–Crippen LogP) is 2.53. The SMILES string of the molecule is CC(NC(=O)CC1CCCNC1)c1cc(F)ccc1F. The molecule has 20 heavy (non-hydrogen) atoms. The molecule has 0 bridgehead atoms. The summed E-state index contributed by atoms with van der Waals surface area (Å²) < 4.78 is 26.7. The van der Waals surface area contributed by atoms with Crippen LogP contribution in [0.3, 0.4) is 0 Å². The molecular weight excluding hydrogens is 262 g/mol. The standard InChI is InChI=1S/C15H20F2N2O/c1-10(13-8-12(16)4-5-14(13)17)19-15(20)7-11-3-2-6-18-9-11/h4-5,8,10-11,18H,2-3,6-7,9H2,1H3,(H,19,20). The zero-order valence-electron chi connectivity index (χ0n) is 11.6. The Labute approximate surface area is 117 Å². The monoisotopic (exact) mass is 282 g/mol. The number of halogens is 2. The van der Waals surface area contributed by atoms with Gasteiger partial charge in [-0.25, -0.2) is 8.78 Å². The second kappa shape index (κ2) is 6.79. The van der Waals surface area contributed by atoms with E-state index in [1.807, 2.05) is 0 Å². The van der Waals surface area contributed by atoms with Crippen molar-refractivity contribution in [2.75, 3.05) is 13.1 Å². The van der Waals surface area contributed by atoms with E-state index in [1.165, 1.54) is 0 Å². The van der Waals surface area contributed by atoms with Crippen LogP contribution >= 0.6 is 0 Å². The van der Waals surface area contributed by atoms with Gasteiger partial charge in [-0.3, -0.25) is 4.79 Å². The van der Waals surface area contributed by atoms with Crippen molar-refractivity contribution in [1.82, 2.24) is 10.6 Å². The Morgan fingerprint density at radius 2 is 2.30 bits per heavy atom. The number of hydrogen-bond acceptors (Lipinski definition) is 2. The van der Waals surface area contributed by atoms with E-state index in [4.69, 9.17) is 0 Å². The number of carbonyl (C=O) groups excluding carboxylic acids is 1. The van der Waals surface area contributed by atoms with E-state index in [2.05, 4.69) is 10.6 Å². The summed E-state index contributed by atoms with van der Waals surface area (Å²) in [7, 11) is 0. The molecule has 1 heterocycles. The molecule has 1 fully saturated rings. The molecule has 1 aliphatic heterocycles. The number of piperidine rings is 1. The highest BCUT2D eigenvalue weighted by molar-refractivity contribution is 5.76. The summed E-state index contributed by atoms with van der Waals surface area (Å²) in [6.45, 7) is 3.51. The van der Waals surface area contributed by atoms with Crippen LogP contribution in [0.1, 0.15) is 37.8 Å². The molecule has 0 saturated carbocycles. The van der Waals surface area contributed by atoms with Crippen molar-refractivity contribution in [3.8, 4) is 0 Å². The molecule has 1 saturated heterocycles. The molecule has 110 valence electrons. The van der Waals surface area contributed by atoms with Crippen molar-refractivity contribution < 1.29 is 13.6 Å². The zero-order valence-corrected chi connectivity index (χ0v) is 11.6. The minimum atomic E-state index is -0.533. The Bertz CT molecular complexity index is 473. The molecule has 2 N–H and O–H groups in total. The van der Waals surface area contributed by atoms with Gasteiger partial charge < -0.3 is 10.6 Å². The van der Waals surface area contributed by atoms with Crippen molar-refractivity contribution in [3.05, 3.63) is 35.4 Å². The molecule has 2 atom stereocenters. The lowest BCUT2D eigenvalue weighted by atomic mass is 9.95. The molecular formula is C15H20F2N2O. The van der Waals surface area contributed by atoms with Gasteiger partial charge in [-0.15, -0.1) is 0 Å². The van der Waals surface area contributed by atoms with Crippen LogP contribution in [0.25, 0.3) is 0 Å². The van der Waals surface area contributed by atoms with Gasteiger partial charge in [-0.05, 0) is 57.0 Å². The zero-order chi connectivity index (χ0) is 14.5. The normalized spacial score (nSPS) is 20.4. The maximum Gasteiger partial charge on any atom is 0.220 e. The average molecular weight is 282 g/mol. The van der Waals surface area contributed by atoms with E-state index in [9.17, 15) is 13.6 Å². The lowest BCUT2D eigenvalue weighted by Gasteiger charge is -2.23. The Morgan fingerprint density at radius 3 is 3.00 bits per heavy atom. The van der Waals surface area contributed by atoms with Crippen molar-refractivity contribution in [2.24, 2.45) is 5.92 Å². The van der Waals surface area contributed by atoms with Crippen LogP contribution in [0.2, 0.25) is 0 Å². The van der Waals surface area contributed by atoms with E-state index in [0.29, 0.717) is 12.3 Å². The number of hydrogen-bond donors (Lipinski definition) is 2. The molecule has 3 nitrogen and oxygen atoms in total. The second-order valence-corrected chi connectivity index (χ2v) is 5.37. The summed E-state index contributed by atoms with van der Waals surface area (Å²) >= 11 is 0. The second-order valence-electron chi connectivity index (χ2n) is 5.37. The molecule has 2 rings (SSSR count). The molecule has 1 aromatic rings. The number of amides is 1. The Morgan fingerprint density at radius 1 is 1.50 bits per heavy atom. The van der Waals surface area contributed by atoms with Gasteiger partial charge >= 0.3 is 0 Å². The summed E-state index contributed by atoms with van der Waals surface area (Å²) in [6.07, 6.45) is 2.53. The first kappa shape index (κ1) is 14.9. The highest BCUT2D eigenvalue weighted by atomic mass is 19.1. The van der Waals surface area contributed by atoms with Gasteiger partial charge in [0.05, 0.1) is 6.04 Å². The first-order chi connectivity index (χ1) is 9.56. The fraction of sp³-hybridized carbons (Fsp3) is 0.533. The van der Waals surface area contributed by atoms with Crippen LogP contribution in [-0.2, 0) is 4.79 Å². The lowest BCUT2D eigenvalue weighted by molar-refractivity contribution is -0.122. The molecule has 1 aromatic carbocycles. The summed E-state index contributed by atoms with van der Waals surface area (Å²) in [6, 6.07) is 2.75. The minimum absolute atomic E-state index is 0.116. The lowest BCUT2D eigenvalue weighted by Crippen LogP contribution is -2.35. The van der Waals surface area contributed by atoms with Gasteiger partial charge in [0, 0.05) is 12.0 Å². The Kier molecular flexibility index (Phi) is 5.06. The maximum atomic E-state index is 13.6. The fourth-order valence-corrected chi connectivity index (χ4v) is 2.59. The van der Waals surface area contributed by atoms with Gasteiger partial charge in [-0.2, -0.15) is 0 Å². The van der Waals surface area contributed by atoms with Gasteiger partial charge in [0.25, 0.3) is 0 Å². The van der Waals surface area contributed by atoms with Crippen LogP contribution in [-0.4, -0.2) is 19.0 Å². The van der Waals surface area contributed by atoms with Crippen molar-refractivity contribution in [2.45, 2.75) is 32.2 Å². The Hall–Kier alpha value is -1.49. The summed E-state index contributed by atoms with van der Waals surface area (Å²) in [4.78, 5) is 11.9. The molecule has 1 amide bonds. The van der Waals surface area contributed by atoms with Crippen molar-refractivity contribution in [3.63, 3.8) is 0 Å². The number of nitrogens with one attached hydrogen (secondary N) is 2. The largest absolute Gasteiger partial charge is 0.349 e. The quantitative estimate of drug-likeness (QED) is 0.891. The number of benzene rings is 1. The molecule has 0 spiro atoms. The van der Waals surface area contributed by atoms with E-state index in [0.717, 1.165) is 44.1 Å². The van der Waals surface area contributed by atoms with Crippen LogP contribution in [0.5, 0.6) is 0 Å². The van der Waals surface area contributed by atoms with Gasteiger partial charge in [0.2, 0.25) is 5.91 Å². The van der Waals surface area contributed by atoms with E-state index >= 15 is 0 Å². The predicted molar refractivity (Wildman–Crippen MR) is 73.1 cm³/mol. The van der Waals surface area contributed by atoms with Crippen LogP contribution < -0.4 is 10.6 Å². The van der Waals surface area contributed by atoms with Gasteiger partial charge in [0.15, 0.2) is 0 Å². The van der Waals surface area contributed by atoms with Crippen LogP contribution in [0.4, 0.5) is 8.78 Å². The van der Waals surface area contributed by atoms with Crippen LogP contribution in [0, 0.1) is 17.6 Å². The highest BCUT2D eigenvalue weighted by Crippen LogP contribution is 2.19. The third-order valence-corrected chi connectivity index (χ3v) is 3.68. The number of carbonyl (C=O) groups is 1. The summed E-state index contributed by atoms with van der Waals surface area (Å²) in [5, 5.41) is 5.99. The van der Waals surface area contributed by atoms with Gasteiger partial charge in [0.1, 0.15) is 11.6 Å². The van der Waals surface area contributed by atoms with Crippen molar-refractivity contribution in [1.29, 1.82) is 0 Å². The topological polar surface area (TPSA) is 41.1 Å². The Balaban J connectivity index is 1.91.